The number of hydrogen-bond donors (Lipinski definition) is 3. The molecule has 0 spiro atoms. The molecule has 0 radical (unpaired) electrons. The van der Waals surface area contributed by atoms with Crippen LogP contribution in [0.1, 0.15) is 36.6 Å². The van der Waals surface area contributed by atoms with Gasteiger partial charge in [-0.05, 0) is 56.8 Å². The number of carbonyl (C=O) groups is 1. The molecule has 0 aromatic heterocycles. The van der Waals surface area contributed by atoms with Crippen molar-refractivity contribution >= 4 is 34.6 Å². The van der Waals surface area contributed by atoms with Gasteiger partial charge in [0.15, 0.2) is 5.11 Å². The number of ether oxygens (including phenoxy) is 1. The van der Waals surface area contributed by atoms with E-state index >= 15 is 0 Å². The van der Waals surface area contributed by atoms with Gasteiger partial charge < -0.3 is 20.7 Å². The standard InChI is InChI=1S/C27H27N3O2S/c1-17(2)32-22-12-8-7-11-21(22)25-23(26(31)28-20-15-13-18(3)14-16-20)24(29-27(33)30-25)19-9-5-4-6-10-19/h4-17,25H,1-3H3,(H,28,31)(H2,29,30,33)/t25-/m0/s1. The van der Waals surface area contributed by atoms with E-state index in [0.717, 1.165) is 22.4 Å². The Bertz CT molecular complexity index is 1190. The van der Waals surface area contributed by atoms with Gasteiger partial charge in [0.1, 0.15) is 5.75 Å². The zero-order chi connectivity index (χ0) is 23.4. The molecule has 6 heteroatoms. The van der Waals surface area contributed by atoms with Gasteiger partial charge in [-0.15, -0.1) is 0 Å². The molecule has 3 aromatic carbocycles. The molecule has 0 fully saturated rings. The highest BCUT2D eigenvalue weighted by Crippen LogP contribution is 2.36. The van der Waals surface area contributed by atoms with Crippen LogP contribution in [0.5, 0.6) is 5.75 Å². The van der Waals surface area contributed by atoms with Crippen LogP contribution < -0.4 is 20.7 Å². The highest BCUT2D eigenvalue weighted by atomic mass is 32.1. The average Bonchev–Trinajstić information content (AvgIpc) is 2.80. The molecule has 1 atom stereocenters. The van der Waals surface area contributed by atoms with Crippen molar-refractivity contribution < 1.29 is 9.53 Å². The quantitative estimate of drug-likeness (QED) is 0.436. The SMILES string of the molecule is Cc1ccc(NC(=O)C2=C(c3ccccc3)NC(=S)N[C@H]2c2ccccc2OC(C)C)cc1. The van der Waals surface area contributed by atoms with Crippen LogP contribution in [-0.4, -0.2) is 17.1 Å². The Kier molecular flexibility index (Phi) is 6.75. The molecule has 3 N–H and O–H groups in total. The van der Waals surface area contributed by atoms with Crippen molar-refractivity contribution in [3.8, 4) is 5.75 Å². The summed E-state index contributed by atoms with van der Waals surface area (Å²) in [5.74, 6) is 0.493. The highest BCUT2D eigenvalue weighted by molar-refractivity contribution is 7.80. The van der Waals surface area contributed by atoms with Crippen molar-refractivity contribution in [2.75, 3.05) is 5.32 Å². The van der Waals surface area contributed by atoms with Crippen LogP contribution >= 0.6 is 12.2 Å². The molecule has 33 heavy (non-hydrogen) atoms. The van der Waals surface area contributed by atoms with Crippen LogP contribution in [0.25, 0.3) is 5.70 Å². The van der Waals surface area contributed by atoms with Crippen molar-refractivity contribution in [2.45, 2.75) is 32.9 Å². The van der Waals surface area contributed by atoms with Crippen molar-refractivity contribution in [3.63, 3.8) is 0 Å². The largest absolute Gasteiger partial charge is 0.491 e. The van der Waals surface area contributed by atoms with E-state index in [1.807, 2.05) is 99.6 Å². The zero-order valence-electron chi connectivity index (χ0n) is 18.9. The fourth-order valence-electron chi connectivity index (χ4n) is 3.79. The summed E-state index contributed by atoms with van der Waals surface area (Å²) >= 11 is 5.55. The van der Waals surface area contributed by atoms with Crippen LogP contribution in [0.15, 0.2) is 84.4 Å². The molecule has 0 aliphatic carbocycles. The smallest absolute Gasteiger partial charge is 0.256 e. The van der Waals surface area contributed by atoms with Gasteiger partial charge in [0.05, 0.1) is 23.4 Å². The molecule has 1 aliphatic rings. The molecular weight excluding hydrogens is 430 g/mol. The number of para-hydroxylation sites is 1. The molecule has 0 unspecified atom stereocenters. The Morgan fingerprint density at radius 3 is 2.33 bits per heavy atom. The van der Waals surface area contributed by atoms with E-state index in [2.05, 4.69) is 16.0 Å². The van der Waals surface area contributed by atoms with E-state index in [9.17, 15) is 4.79 Å². The predicted octanol–water partition coefficient (Wildman–Crippen LogP) is 5.35. The Morgan fingerprint density at radius 2 is 1.64 bits per heavy atom. The predicted molar refractivity (Wildman–Crippen MR) is 137 cm³/mol. The van der Waals surface area contributed by atoms with E-state index in [-0.39, 0.29) is 12.0 Å². The number of amides is 1. The van der Waals surface area contributed by atoms with E-state index in [1.165, 1.54) is 0 Å². The summed E-state index contributed by atoms with van der Waals surface area (Å²) in [6, 6.07) is 24.7. The summed E-state index contributed by atoms with van der Waals surface area (Å²) < 4.78 is 6.08. The molecule has 4 rings (SSSR count). The third-order valence-electron chi connectivity index (χ3n) is 5.28. The van der Waals surface area contributed by atoms with Crippen LogP contribution in [-0.2, 0) is 4.79 Å². The van der Waals surface area contributed by atoms with Gasteiger partial charge in [-0.3, -0.25) is 4.79 Å². The van der Waals surface area contributed by atoms with E-state index in [4.69, 9.17) is 17.0 Å². The van der Waals surface area contributed by atoms with Gasteiger partial charge in [0, 0.05) is 11.3 Å². The maximum atomic E-state index is 13.7. The average molecular weight is 458 g/mol. The lowest BCUT2D eigenvalue weighted by Gasteiger charge is -2.32. The molecule has 5 nitrogen and oxygen atoms in total. The maximum Gasteiger partial charge on any atom is 0.256 e. The first-order valence-corrected chi connectivity index (χ1v) is 11.3. The number of nitrogens with one attached hydrogen (secondary N) is 3. The second-order valence-corrected chi connectivity index (χ2v) is 8.62. The van der Waals surface area contributed by atoms with E-state index in [1.54, 1.807) is 0 Å². The van der Waals surface area contributed by atoms with Gasteiger partial charge in [0.25, 0.3) is 5.91 Å². The minimum Gasteiger partial charge on any atom is -0.491 e. The summed E-state index contributed by atoms with van der Waals surface area (Å²) in [5, 5.41) is 10.0. The zero-order valence-corrected chi connectivity index (χ0v) is 19.7. The normalized spacial score (nSPS) is 15.6. The fraction of sp³-hybridized carbons (Fsp3) is 0.185. The van der Waals surface area contributed by atoms with E-state index in [0.29, 0.717) is 22.1 Å². The molecule has 1 heterocycles. The summed E-state index contributed by atoms with van der Waals surface area (Å²) in [7, 11) is 0. The highest BCUT2D eigenvalue weighted by Gasteiger charge is 2.34. The monoisotopic (exact) mass is 457 g/mol. The molecule has 0 saturated heterocycles. The molecule has 1 aliphatic heterocycles. The first-order valence-electron chi connectivity index (χ1n) is 10.9. The first kappa shape index (κ1) is 22.6. The summed E-state index contributed by atoms with van der Waals surface area (Å²) in [5.41, 5.74) is 4.79. The van der Waals surface area contributed by atoms with Gasteiger partial charge in [0.2, 0.25) is 0 Å². The molecule has 168 valence electrons. The van der Waals surface area contributed by atoms with Crippen molar-refractivity contribution in [3.05, 3.63) is 101 Å². The molecule has 3 aromatic rings. The Hall–Kier alpha value is -3.64. The van der Waals surface area contributed by atoms with Gasteiger partial charge >= 0.3 is 0 Å². The number of thiocarbonyl (C=S) groups is 1. The lowest BCUT2D eigenvalue weighted by molar-refractivity contribution is -0.113. The third-order valence-corrected chi connectivity index (χ3v) is 5.50. The van der Waals surface area contributed by atoms with Crippen LogP contribution in [0.3, 0.4) is 0 Å². The van der Waals surface area contributed by atoms with Gasteiger partial charge in [-0.25, -0.2) is 0 Å². The molecule has 0 bridgehead atoms. The second-order valence-electron chi connectivity index (χ2n) is 8.21. The Labute approximate surface area is 199 Å². The number of benzene rings is 3. The van der Waals surface area contributed by atoms with Crippen LogP contribution in [0, 0.1) is 6.92 Å². The molecule has 1 amide bonds. The molecular formula is C27H27N3O2S. The maximum absolute atomic E-state index is 13.7. The second kappa shape index (κ2) is 9.88. The fourth-order valence-corrected chi connectivity index (χ4v) is 4.01. The number of rotatable bonds is 6. The first-order chi connectivity index (χ1) is 15.9. The number of anilines is 1. The van der Waals surface area contributed by atoms with Crippen molar-refractivity contribution in [1.82, 2.24) is 10.6 Å². The summed E-state index contributed by atoms with van der Waals surface area (Å²) in [4.78, 5) is 13.7. The van der Waals surface area contributed by atoms with Crippen molar-refractivity contribution in [1.29, 1.82) is 0 Å². The van der Waals surface area contributed by atoms with E-state index < -0.39 is 6.04 Å². The number of hydrogen-bond acceptors (Lipinski definition) is 3. The Balaban J connectivity index is 1.85. The third kappa shape index (κ3) is 5.23. The number of carbonyl (C=O) groups excluding carboxylic acids is 1. The minimum atomic E-state index is -0.491. The number of aryl methyl sites for hydroxylation is 1. The lowest BCUT2D eigenvalue weighted by atomic mass is 9.91. The van der Waals surface area contributed by atoms with Gasteiger partial charge in [-0.2, -0.15) is 0 Å². The minimum absolute atomic E-state index is 0.0118. The van der Waals surface area contributed by atoms with Crippen LogP contribution in [0.2, 0.25) is 0 Å². The summed E-state index contributed by atoms with van der Waals surface area (Å²) in [6.07, 6.45) is -0.0118. The lowest BCUT2D eigenvalue weighted by Crippen LogP contribution is -2.46. The van der Waals surface area contributed by atoms with Gasteiger partial charge in [-0.1, -0.05) is 66.2 Å². The van der Waals surface area contributed by atoms with Crippen molar-refractivity contribution in [2.24, 2.45) is 0 Å². The topological polar surface area (TPSA) is 62.4 Å². The molecule has 0 saturated carbocycles. The van der Waals surface area contributed by atoms with Crippen LogP contribution in [0.4, 0.5) is 5.69 Å². The Morgan fingerprint density at radius 1 is 0.970 bits per heavy atom. The summed E-state index contributed by atoms with van der Waals surface area (Å²) in [6.45, 7) is 5.97.